The monoisotopic (exact) mass is 385 g/mol. The Hall–Kier alpha value is -0.230. The van der Waals surface area contributed by atoms with Crippen molar-refractivity contribution in [1.29, 1.82) is 0 Å². The normalized spacial score (nSPS) is 18.1. The second-order valence-electron chi connectivity index (χ2n) is 5.24. The predicted molar refractivity (Wildman–Crippen MR) is 95.8 cm³/mol. The lowest BCUT2D eigenvalue weighted by atomic mass is 10.1. The lowest BCUT2D eigenvalue weighted by Crippen LogP contribution is -2.32. The van der Waals surface area contributed by atoms with Gasteiger partial charge >= 0.3 is 0 Å². The Morgan fingerprint density at radius 1 is 1.27 bits per heavy atom. The summed E-state index contributed by atoms with van der Waals surface area (Å²) in [5.41, 5.74) is 0.488. The van der Waals surface area contributed by atoms with Gasteiger partial charge in [-0.25, -0.2) is 0 Å². The standard InChI is InChI=1S/C14H18Cl3N3O.ClH/c1-18-6-9-2-3-20(7-9)8-14(21)19-13-5-11(16)10(15)4-12(13)17;/h4-5,9,18H,2-3,6-8H2,1H3,(H,19,21);1H. The van der Waals surface area contributed by atoms with Crippen LogP contribution in [0, 0.1) is 5.92 Å². The first-order valence-corrected chi connectivity index (χ1v) is 7.94. The van der Waals surface area contributed by atoms with Crippen molar-refractivity contribution >= 4 is 58.8 Å². The minimum atomic E-state index is -0.0969. The summed E-state index contributed by atoms with van der Waals surface area (Å²) >= 11 is 17.8. The number of rotatable bonds is 5. The van der Waals surface area contributed by atoms with Gasteiger partial charge in [-0.15, -0.1) is 12.4 Å². The summed E-state index contributed by atoms with van der Waals surface area (Å²) in [6.07, 6.45) is 1.11. The molecule has 0 bridgehead atoms. The Bertz CT molecular complexity index is 527. The number of hydrogen-bond donors (Lipinski definition) is 2. The molecule has 1 aliphatic rings. The molecule has 0 aliphatic carbocycles. The highest BCUT2D eigenvalue weighted by Crippen LogP contribution is 2.32. The number of carbonyl (C=O) groups excluding carboxylic acids is 1. The van der Waals surface area contributed by atoms with Crippen LogP contribution in [0.1, 0.15) is 6.42 Å². The van der Waals surface area contributed by atoms with Gasteiger partial charge in [0, 0.05) is 6.54 Å². The van der Waals surface area contributed by atoms with Gasteiger partial charge in [-0.2, -0.15) is 0 Å². The SMILES string of the molecule is CNCC1CCN(CC(=O)Nc2cc(Cl)c(Cl)cc2Cl)C1.Cl. The molecule has 22 heavy (non-hydrogen) atoms. The van der Waals surface area contributed by atoms with E-state index in [1.807, 2.05) is 7.05 Å². The fraction of sp³-hybridized carbons (Fsp3) is 0.500. The van der Waals surface area contributed by atoms with Crippen LogP contribution in [0.15, 0.2) is 12.1 Å². The Morgan fingerprint density at radius 3 is 2.64 bits per heavy atom. The highest BCUT2D eigenvalue weighted by atomic mass is 35.5. The number of carbonyl (C=O) groups is 1. The number of amides is 1. The highest BCUT2D eigenvalue weighted by molar-refractivity contribution is 6.44. The molecular weight excluding hydrogens is 368 g/mol. The first-order valence-electron chi connectivity index (χ1n) is 6.81. The van der Waals surface area contributed by atoms with Gasteiger partial charge in [0.05, 0.1) is 27.3 Å². The Balaban J connectivity index is 0.00000242. The molecule has 1 fully saturated rings. The van der Waals surface area contributed by atoms with Gasteiger partial charge in [-0.1, -0.05) is 34.8 Å². The van der Waals surface area contributed by atoms with Crippen molar-refractivity contribution in [3.05, 3.63) is 27.2 Å². The van der Waals surface area contributed by atoms with Crippen molar-refractivity contribution < 1.29 is 4.79 Å². The van der Waals surface area contributed by atoms with Crippen LogP contribution in [0.5, 0.6) is 0 Å². The second-order valence-corrected chi connectivity index (χ2v) is 6.46. The van der Waals surface area contributed by atoms with Crippen molar-refractivity contribution in [1.82, 2.24) is 10.2 Å². The van der Waals surface area contributed by atoms with E-state index in [1.165, 1.54) is 6.07 Å². The summed E-state index contributed by atoms with van der Waals surface area (Å²) in [4.78, 5) is 14.2. The molecule has 0 aromatic heterocycles. The van der Waals surface area contributed by atoms with E-state index in [2.05, 4.69) is 15.5 Å². The predicted octanol–water partition coefficient (Wildman–Crippen LogP) is 3.55. The zero-order chi connectivity index (χ0) is 15.4. The lowest BCUT2D eigenvalue weighted by Gasteiger charge is -2.16. The fourth-order valence-corrected chi connectivity index (χ4v) is 3.12. The minimum Gasteiger partial charge on any atom is -0.324 e. The smallest absolute Gasteiger partial charge is 0.238 e. The molecule has 0 saturated carbocycles. The highest BCUT2D eigenvalue weighted by Gasteiger charge is 2.23. The molecule has 124 valence electrons. The van der Waals surface area contributed by atoms with E-state index in [1.54, 1.807) is 6.07 Å². The molecule has 0 spiro atoms. The number of nitrogens with zero attached hydrogens (tertiary/aromatic N) is 1. The molecular formula is C14H19Cl4N3O. The number of halogens is 4. The summed E-state index contributed by atoms with van der Waals surface area (Å²) < 4.78 is 0. The molecule has 1 saturated heterocycles. The zero-order valence-electron chi connectivity index (χ0n) is 12.2. The van der Waals surface area contributed by atoms with Crippen LogP contribution in [0.4, 0.5) is 5.69 Å². The molecule has 1 aromatic carbocycles. The maximum absolute atomic E-state index is 12.1. The van der Waals surface area contributed by atoms with Gasteiger partial charge in [0.25, 0.3) is 0 Å². The number of nitrogens with one attached hydrogen (secondary N) is 2. The van der Waals surface area contributed by atoms with E-state index in [9.17, 15) is 4.79 Å². The van der Waals surface area contributed by atoms with Crippen LogP contribution >= 0.6 is 47.2 Å². The van der Waals surface area contributed by atoms with Gasteiger partial charge in [0.15, 0.2) is 0 Å². The molecule has 1 unspecified atom stereocenters. The number of hydrogen-bond acceptors (Lipinski definition) is 3. The maximum Gasteiger partial charge on any atom is 0.238 e. The van der Waals surface area contributed by atoms with Crippen LogP contribution in [-0.2, 0) is 4.79 Å². The van der Waals surface area contributed by atoms with E-state index >= 15 is 0 Å². The number of benzene rings is 1. The third kappa shape index (κ3) is 5.44. The average Bonchev–Trinajstić information content (AvgIpc) is 2.83. The molecule has 0 radical (unpaired) electrons. The van der Waals surface area contributed by atoms with Crippen LogP contribution in [-0.4, -0.2) is 44.0 Å². The van der Waals surface area contributed by atoms with Crippen molar-refractivity contribution in [3.8, 4) is 0 Å². The largest absolute Gasteiger partial charge is 0.324 e. The van der Waals surface area contributed by atoms with E-state index in [-0.39, 0.29) is 18.3 Å². The van der Waals surface area contributed by atoms with Crippen LogP contribution in [0.3, 0.4) is 0 Å². The summed E-state index contributed by atoms with van der Waals surface area (Å²) in [6.45, 7) is 3.21. The molecule has 2 N–H and O–H groups in total. The third-order valence-electron chi connectivity index (χ3n) is 3.51. The first-order chi connectivity index (χ1) is 9.99. The molecule has 4 nitrogen and oxygen atoms in total. The molecule has 1 aromatic rings. The van der Waals surface area contributed by atoms with E-state index in [0.29, 0.717) is 33.2 Å². The molecule has 2 rings (SSSR count). The van der Waals surface area contributed by atoms with Gasteiger partial charge in [0.1, 0.15) is 0 Å². The molecule has 1 atom stereocenters. The van der Waals surface area contributed by atoms with Crippen molar-refractivity contribution in [2.75, 3.05) is 38.5 Å². The van der Waals surface area contributed by atoms with E-state index in [0.717, 1.165) is 26.1 Å². The molecule has 1 aliphatic heterocycles. The van der Waals surface area contributed by atoms with Gasteiger partial charge in [-0.3, -0.25) is 9.69 Å². The molecule has 1 amide bonds. The van der Waals surface area contributed by atoms with Crippen LogP contribution < -0.4 is 10.6 Å². The van der Waals surface area contributed by atoms with E-state index in [4.69, 9.17) is 34.8 Å². The number of likely N-dealkylation sites (tertiary alicyclic amines) is 1. The van der Waals surface area contributed by atoms with Crippen molar-refractivity contribution in [2.24, 2.45) is 5.92 Å². The van der Waals surface area contributed by atoms with E-state index < -0.39 is 0 Å². The first kappa shape index (κ1) is 19.8. The molecule has 1 heterocycles. The molecule has 8 heteroatoms. The summed E-state index contributed by atoms with van der Waals surface area (Å²) in [7, 11) is 1.95. The van der Waals surface area contributed by atoms with Crippen molar-refractivity contribution in [3.63, 3.8) is 0 Å². The van der Waals surface area contributed by atoms with Gasteiger partial charge in [0.2, 0.25) is 5.91 Å². The lowest BCUT2D eigenvalue weighted by molar-refractivity contribution is -0.117. The van der Waals surface area contributed by atoms with Crippen LogP contribution in [0.2, 0.25) is 15.1 Å². The van der Waals surface area contributed by atoms with Gasteiger partial charge in [-0.05, 0) is 44.6 Å². The zero-order valence-corrected chi connectivity index (χ0v) is 15.2. The topological polar surface area (TPSA) is 44.4 Å². The Morgan fingerprint density at radius 2 is 1.95 bits per heavy atom. The minimum absolute atomic E-state index is 0. The summed E-state index contributed by atoms with van der Waals surface area (Å²) in [5.74, 6) is 0.511. The summed E-state index contributed by atoms with van der Waals surface area (Å²) in [6, 6.07) is 3.10. The number of anilines is 1. The van der Waals surface area contributed by atoms with Crippen molar-refractivity contribution in [2.45, 2.75) is 6.42 Å². The summed E-state index contributed by atoms with van der Waals surface area (Å²) in [5, 5.41) is 7.07. The fourth-order valence-electron chi connectivity index (χ4n) is 2.52. The maximum atomic E-state index is 12.1. The second kappa shape index (κ2) is 9.16. The average molecular weight is 387 g/mol. The van der Waals surface area contributed by atoms with Crippen LogP contribution in [0.25, 0.3) is 0 Å². The Kier molecular flexibility index (Phi) is 8.25. The quantitative estimate of drug-likeness (QED) is 0.760. The Labute approximate surface area is 151 Å². The van der Waals surface area contributed by atoms with Gasteiger partial charge < -0.3 is 10.6 Å². The third-order valence-corrected chi connectivity index (χ3v) is 4.55.